The molecule has 5 heteroatoms. The SMILES string of the molecule is CC(C)[C@H](N)C(=O)O.S=c1cccc[nH]1. The average molecular weight is 228 g/mol. The molecule has 1 atom stereocenters. The normalized spacial score (nSPS) is 11.5. The van der Waals surface area contributed by atoms with Crippen LogP contribution in [0.5, 0.6) is 0 Å². The van der Waals surface area contributed by atoms with Crippen LogP contribution in [0.15, 0.2) is 24.4 Å². The van der Waals surface area contributed by atoms with Crippen LogP contribution in [0, 0.1) is 10.6 Å². The molecule has 0 spiro atoms. The molecule has 0 aliphatic rings. The van der Waals surface area contributed by atoms with Crippen LogP contribution in [0.2, 0.25) is 0 Å². The van der Waals surface area contributed by atoms with Gasteiger partial charge in [0.15, 0.2) is 0 Å². The maximum atomic E-state index is 10.0. The fourth-order valence-corrected chi connectivity index (χ4v) is 0.809. The molecule has 84 valence electrons. The molecule has 0 saturated heterocycles. The number of carboxylic acids is 1. The Kier molecular flexibility index (Phi) is 6.57. The minimum atomic E-state index is -0.931. The number of pyridine rings is 1. The monoisotopic (exact) mass is 228 g/mol. The van der Waals surface area contributed by atoms with Gasteiger partial charge in [-0.25, -0.2) is 0 Å². The van der Waals surface area contributed by atoms with Crippen molar-refractivity contribution in [1.82, 2.24) is 4.98 Å². The lowest BCUT2D eigenvalue weighted by Crippen LogP contribution is -2.34. The van der Waals surface area contributed by atoms with E-state index in [1.165, 1.54) is 0 Å². The first-order valence-corrected chi connectivity index (χ1v) is 4.98. The summed E-state index contributed by atoms with van der Waals surface area (Å²) in [4.78, 5) is 12.9. The van der Waals surface area contributed by atoms with Gasteiger partial charge in [0.2, 0.25) is 0 Å². The Labute approximate surface area is 94.1 Å². The van der Waals surface area contributed by atoms with Crippen LogP contribution in [0.1, 0.15) is 13.8 Å². The Morgan fingerprint density at radius 2 is 2.13 bits per heavy atom. The number of nitrogens with one attached hydrogen (secondary N) is 1. The first-order valence-electron chi connectivity index (χ1n) is 4.57. The van der Waals surface area contributed by atoms with E-state index >= 15 is 0 Å². The van der Waals surface area contributed by atoms with Gasteiger partial charge in [0, 0.05) is 6.20 Å². The summed E-state index contributed by atoms with van der Waals surface area (Å²) in [5.74, 6) is -0.910. The molecule has 0 radical (unpaired) electrons. The van der Waals surface area contributed by atoms with Crippen molar-refractivity contribution >= 4 is 18.2 Å². The Morgan fingerprint density at radius 1 is 1.53 bits per heavy atom. The predicted octanol–water partition coefficient (Wildman–Crippen LogP) is 1.80. The van der Waals surface area contributed by atoms with Crippen molar-refractivity contribution in [2.45, 2.75) is 19.9 Å². The van der Waals surface area contributed by atoms with Crippen molar-refractivity contribution < 1.29 is 9.90 Å². The van der Waals surface area contributed by atoms with Crippen molar-refractivity contribution in [2.24, 2.45) is 11.7 Å². The summed E-state index contributed by atoms with van der Waals surface area (Å²) in [5.41, 5.74) is 5.16. The minimum absolute atomic E-state index is 0.0208. The third-order valence-electron chi connectivity index (χ3n) is 1.68. The van der Waals surface area contributed by atoms with Crippen LogP contribution in [0.25, 0.3) is 0 Å². The van der Waals surface area contributed by atoms with E-state index in [2.05, 4.69) is 4.98 Å². The molecule has 0 aliphatic carbocycles. The molecule has 4 nitrogen and oxygen atoms in total. The van der Waals surface area contributed by atoms with Gasteiger partial charge in [-0.15, -0.1) is 0 Å². The van der Waals surface area contributed by atoms with Crippen LogP contribution in [0.4, 0.5) is 0 Å². The minimum Gasteiger partial charge on any atom is -0.480 e. The number of H-pyrrole nitrogens is 1. The Balaban J connectivity index is 0.000000262. The summed E-state index contributed by atoms with van der Waals surface area (Å²) in [7, 11) is 0. The molecule has 0 aromatic carbocycles. The van der Waals surface area contributed by atoms with Crippen molar-refractivity contribution in [1.29, 1.82) is 0 Å². The first-order chi connectivity index (χ1) is 6.95. The van der Waals surface area contributed by atoms with Gasteiger partial charge in [-0.3, -0.25) is 4.79 Å². The van der Waals surface area contributed by atoms with Crippen LogP contribution < -0.4 is 5.73 Å². The molecule has 1 aromatic rings. The second kappa shape index (κ2) is 7.14. The highest BCUT2D eigenvalue weighted by Crippen LogP contribution is 1.96. The van der Waals surface area contributed by atoms with Gasteiger partial charge < -0.3 is 15.8 Å². The van der Waals surface area contributed by atoms with Crippen molar-refractivity contribution in [2.75, 3.05) is 0 Å². The summed E-state index contributed by atoms with van der Waals surface area (Å²) in [5, 5.41) is 8.23. The zero-order valence-corrected chi connectivity index (χ0v) is 9.62. The van der Waals surface area contributed by atoms with Gasteiger partial charge in [0.1, 0.15) is 10.7 Å². The quantitative estimate of drug-likeness (QED) is 0.674. The lowest BCUT2D eigenvalue weighted by Gasteiger charge is -2.07. The zero-order chi connectivity index (χ0) is 11.8. The molecule has 15 heavy (non-hydrogen) atoms. The molecule has 1 heterocycles. The summed E-state index contributed by atoms with van der Waals surface area (Å²) >= 11 is 4.76. The van der Waals surface area contributed by atoms with Crippen molar-refractivity contribution in [3.8, 4) is 0 Å². The number of nitrogens with two attached hydrogens (primary N) is 1. The fraction of sp³-hybridized carbons (Fsp3) is 0.400. The van der Waals surface area contributed by atoms with Crippen molar-refractivity contribution in [3.63, 3.8) is 0 Å². The smallest absolute Gasteiger partial charge is 0.320 e. The third-order valence-corrected chi connectivity index (χ3v) is 1.94. The molecule has 1 rings (SSSR count). The van der Waals surface area contributed by atoms with Crippen molar-refractivity contribution in [3.05, 3.63) is 29.0 Å². The van der Waals surface area contributed by atoms with E-state index in [0.29, 0.717) is 0 Å². The number of carboxylic acid groups (broad SMARTS) is 1. The molecular weight excluding hydrogens is 212 g/mol. The fourth-order valence-electron chi connectivity index (χ4n) is 0.662. The summed E-state index contributed by atoms with van der Waals surface area (Å²) < 4.78 is 0.780. The number of aromatic nitrogens is 1. The highest BCUT2D eigenvalue weighted by Gasteiger charge is 2.14. The van der Waals surface area contributed by atoms with Crippen LogP contribution in [-0.2, 0) is 4.79 Å². The van der Waals surface area contributed by atoms with E-state index in [9.17, 15) is 4.79 Å². The first kappa shape index (κ1) is 13.8. The zero-order valence-electron chi connectivity index (χ0n) is 8.81. The van der Waals surface area contributed by atoms with E-state index in [0.717, 1.165) is 4.64 Å². The van der Waals surface area contributed by atoms with Gasteiger partial charge in [0.05, 0.1) is 0 Å². The van der Waals surface area contributed by atoms with Gasteiger partial charge >= 0.3 is 5.97 Å². The molecule has 4 N–H and O–H groups in total. The maximum Gasteiger partial charge on any atom is 0.320 e. The lowest BCUT2D eigenvalue weighted by atomic mass is 10.1. The molecular formula is C10H16N2O2S. The maximum absolute atomic E-state index is 10.0. The molecule has 0 unspecified atom stereocenters. The number of hydrogen-bond donors (Lipinski definition) is 3. The van der Waals surface area contributed by atoms with Crippen LogP contribution in [0.3, 0.4) is 0 Å². The predicted molar refractivity (Wildman–Crippen MR) is 62.1 cm³/mol. The van der Waals surface area contributed by atoms with Crippen LogP contribution in [-0.4, -0.2) is 22.1 Å². The number of aromatic amines is 1. The summed E-state index contributed by atoms with van der Waals surface area (Å²) in [6.45, 7) is 3.55. The van der Waals surface area contributed by atoms with Gasteiger partial charge in [0.25, 0.3) is 0 Å². The van der Waals surface area contributed by atoms with E-state index in [1.807, 2.05) is 24.4 Å². The molecule has 0 bridgehead atoms. The lowest BCUT2D eigenvalue weighted by molar-refractivity contribution is -0.139. The van der Waals surface area contributed by atoms with Gasteiger partial charge in [-0.2, -0.15) is 0 Å². The Bertz CT molecular complexity index is 332. The highest BCUT2D eigenvalue weighted by molar-refractivity contribution is 7.71. The molecule has 0 aliphatic heterocycles. The van der Waals surface area contributed by atoms with Gasteiger partial charge in [-0.1, -0.05) is 32.1 Å². The molecule has 0 fully saturated rings. The molecule has 1 aromatic heterocycles. The molecule has 0 saturated carbocycles. The largest absolute Gasteiger partial charge is 0.480 e. The Hall–Kier alpha value is -1.20. The highest BCUT2D eigenvalue weighted by atomic mass is 32.1. The second-order valence-electron chi connectivity index (χ2n) is 3.33. The number of carbonyl (C=O) groups is 1. The summed E-state index contributed by atoms with van der Waals surface area (Å²) in [6, 6.07) is 4.93. The van der Waals surface area contributed by atoms with E-state index in [4.69, 9.17) is 23.1 Å². The number of aliphatic carboxylic acids is 1. The van der Waals surface area contributed by atoms with Crippen LogP contribution >= 0.6 is 12.2 Å². The Morgan fingerprint density at radius 3 is 2.27 bits per heavy atom. The second-order valence-corrected chi connectivity index (χ2v) is 3.77. The third kappa shape index (κ3) is 6.82. The van der Waals surface area contributed by atoms with E-state index in [-0.39, 0.29) is 5.92 Å². The summed E-state index contributed by atoms with van der Waals surface area (Å²) in [6.07, 6.45) is 1.81. The number of hydrogen-bond acceptors (Lipinski definition) is 3. The van der Waals surface area contributed by atoms with Gasteiger partial charge in [-0.05, 0) is 18.1 Å². The standard InChI is InChI=1S/C5H11NO2.C5H5NS/c1-3(2)4(6)5(7)8;7-5-3-1-2-4-6-5/h3-4H,6H2,1-2H3,(H,7,8);1-4H,(H,6,7)/t4-;/m0./s1. The number of rotatable bonds is 2. The van der Waals surface area contributed by atoms with E-state index < -0.39 is 12.0 Å². The average Bonchev–Trinajstić information content (AvgIpc) is 2.18. The van der Waals surface area contributed by atoms with E-state index in [1.54, 1.807) is 13.8 Å². The molecule has 0 amide bonds. The topological polar surface area (TPSA) is 79.1 Å².